The number of anilines is 1. The van der Waals surface area contributed by atoms with Gasteiger partial charge in [0.15, 0.2) is 5.69 Å². The Morgan fingerprint density at radius 2 is 2.00 bits per heavy atom. The first kappa shape index (κ1) is 33.2. The van der Waals surface area contributed by atoms with Crippen molar-refractivity contribution in [3.8, 4) is 6.01 Å². The van der Waals surface area contributed by atoms with Crippen LogP contribution in [-0.4, -0.2) is 105 Å². The molecule has 0 aromatic carbocycles. The van der Waals surface area contributed by atoms with Crippen LogP contribution in [0.4, 0.5) is 10.2 Å². The van der Waals surface area contributed by atoms with Gasteiger partial charge in [0.1, 0.15) is 18.6 Å². The summed E-state index contributed by atoms with van der Waals surface area (Å²) in [6.45, 7) is 10.9. The van der Waals surface area contributed by atoms with Crippen LogP contribution in [-0.2, 0) is 26.1 Å². The SMILES string of the molecule is C=C1/C(=C\C=C/C)CCC[C@]12Cc1nc(OC[C@@]34CCCN3C[C@H](F)C4)nc(N3CCCn4nc(C(=O)N(C)C)c(Cl)c4C3)c1CN2C. The van der Waals surface area contributed by atoms with Crippen molar-refractivity contribution in [3.05, 3.63) is 63.6 Å². The van der Waals surface area contributed by atoms with E-state index in [0.717, 1.165) is 80.0 Å². The molecule has 7 rings (SSSR count). The molecule has 0 bridgehead atoms. The van der Waals surface area contributed by atoms with Crippen LogP contribution in [0.1, 0.15) is 79.3 Å². The van der Waals surface area contributed by atoms with E-state index in [1.807, 2.05) is 11.6 Å². The zero-order valence-electron chi connectivity index (χ0n) is 28.8. The van der Waals surface area contributed by atoms with Crippen LogP contribution < -0.4 is 9.64 Å². The van der Waals surface area contributed by atoms with Crippen molar-refractivity contribution in [2.24, 2.45) is 0 Å². The number of halogens is 2. The lowest BCUT2D eigenvalue weighted by molar-refractivity contribution is 0.0821. The van der Waals surface area contributed by atoms with Crippen molar-refractivity contribution in [2.75, 3.05) is 52.3 Å². The molecule has 3 atom stereocenters. The number of ether oxygens (including phenoxy) is 1. The molecule has 10 nitrogen and oxygen atoms in total. The summed E-state index contributed by atoms with van der Waals surface area (Å²) in [6, 6.07) is 0.338. The Hall–Kier alpha value is -3.28. The first-order valence-electron chi connectivity index (χ1n) is 17.4. The zero-order chi connectivity index (χ0) is 33.8. The van der Waals surface area contributed by atoms with Gasteiger partial charge in [0, 0.05) is 58.7 Å². The number of hydrogen-bond donors (Lipinski definition) is 0. The Bertz CT molecular complexity index is 1670. The molecular formula is C36H48ClFN8O2. The van der Waals surface area contributed by atoms with Crippen molar-refractivity contribution >= 4 is 23.3 Å². The predicted molar refractivity (Wildman–Crippen MR) is 185 cm³/mol. The first-order valence-corrected chi connectivity index (χ1v) is 17.8. The molecule has 2 aromatic heterocycles. The number of aromatic nitrogens is 4. The third kappa shape index (κ3) is 5.65. The van der Waals surface area contributed by atoms with Gasteiger partial charge in [-0.3, -0.25) is 19.3 Å². The quantitative estimate of drug-likeness (QED) is 0.404. The lowest BCUT2D eigenvalue weighted by atomic mass is 9.69. The number of likely N-dealkylation sites (N-methyl/N-ethyl adjacent to an activating group) is 1. The normalized spacial score (nSPS) is 28.6. The highest BCUT2D eigenvalue weighted by Crippen LogP contribution is 2.47. The topological polar surface area (TPSA) is 82.9 Å². The Morgan fingerprint density at radius 3 is 2.79 bits per heavy atom. The van der Waals surface area contributed by atoms with Crippen LogP contribution in [0.15, 0.2) is 36.0 Å². The highest BCUT2D eigenvalue weighted by Gasteiger charge is 2.50. The predicted octanol–water partition coefficient (Wildman–Crippen LogP) is 5.36. The van der Waals surface area contributed by atoms with Gasteiger partial charge in [0.25, 0.3) is 5.91 Å². The van der Waals surface area contributed by atoms with Crippen molar-refractivity contribution in [1.29, 1.82) is 0 Å². The van der Waals surface area contributed by atoms with Crippen molar-refractivity contribution in [1.82, 2.24) is 34.4 Å². The molecule has 5 aliphatic rings. The molecule has 4 aliphatic heterocycles. The van der Waals surface area contributed by atoms with E-state index in [9.17, 15) is 9.18 Å². The van der Waals surface area contributed by atoms with E-state index in [4.69, 9.17) is 26.3 Å². The fourth-order valence-electron chi connectivity index (χ4n) is 8.77. The standard InChI is InChI=1S/C36H48ClFN8O2/c1-6-7-11-25-12-8-14-36(24(25)2)19-28-27(21-43(36)5)32(40-34(39-28)48-23-35-13-9-16-45(35)20-26(38)18-35)44-15-10-17-46-29(22-44)30(37)31(41-46)33(47)42(3)4/h6-7,11,26H,2,8-10,12-23H2,1,3-5H3/b7-6-,25-11-/t26-,35+,36+/m1/s1. The fourth-order valence-corrected chi connectivity index (χ4v) is 9.05. The van der Waals surface area contributed by atoms with Crippen LogP contribution in [0.5, 0.6) is 6.01 Å². The van der Waals surface area contributed by atoms with Crippen molar-refractivity contribution in [3.63, 3.8) is 0 Å². The Kier molecular flexibility index (Phi) is 8.91. The molecule has 0 unspecified atom stereocenters. The molecule has 0 N–H and O–H groups in total. The van der Waals surface area contributed by atoms with Crippen LogP contribution in [0.3, 0.4) is 0 Å². The van der Waals surface area contributed by atoms with Gasteiger partial charge < -0.3 is 14.5 Å². The van der Waals surface area contributed by atoms with E-state index in [1.54, 1.807) is 14.1 Å². The number of alkyl halides is 1. The number of fused-ring (bicyclic) bond motifs is 3. The molecule has 6 heterocycles. The van der Waals surface area contributed by atoms with Gasteiger partial charge in [-0.2, -0.15) is 15.1 Å². The number of carbonyl (C=O) groups is 1. The van der Waals surface area contributed by atoms with E-state index in [2.05, 4.69) is 51.7 Å². The molecule has 2 saturated heterocycles. The Morgan fingerprint density at radius 1 is 1.17 bits per heavy atom. The van der Waals surface area contributed by atoms with Gasteiger partial charge in [-0.05, 0) is 70.2 Å². The molecular weight excluding hydrogens is 631 g/mol. The Balaban J connectivity index is 1.27. The maximum absolute atomic E-state index is 14.6. The lowest BCUT2D eigenvalue weighted by Crippen LogP contribution is -2.54. The summed E-state index contributed by atoms with van der Waals surface area (Å²) in [5.41, 5.74) is 5.02. The van der Waals surface area contributed by atoms with Crippen molar-refractivity contribution in [2.45, 2.75) is 95.2 Å². The third-order valence-corrected chi connectivity index (χ3v) is 11.8. The number of rotatable bonds is 6. The third-order valence-electron chi connectivity index (χ3n) is 11.4. The molecule has 1 saturated carbocycles. The van der Waals surface area contributed by atoms with E-state index in [1.165, 1.54) is 10.5 Å². The van der Waals surface area contributed by atoms with E-state index < -0.39 is 6.17 Å². The second-order valence-electron chi connectivity index (χ2n) is 14.5. The van der Waals surface area contributed by atoms with Gasteiger partial charge in [-0.25, -0.2) is 4.39 Å². The minimum absolute atomic E-state index is 0.215. The molecule has 12 heteroatoms. The Labute approximate surface area is 288 Å². The maximum Gasteiger partial charge on any atom is 0.318 e. The number of carbonyl (C=O) groups excluding carboxylic acids is 1. The summed E-state index contributed by atoms with van der Waals surface area (Å²) in [5, 5.41) is 5.01. The van der Waals surface area contributed by atoms with E-state index in [-0.39, 0.29) is 22.7 Å². The summed E-state index contributed by atoms with van der Waals surface area (Å²) in [4.78, 5) is 31.6. The molecule has 258 valence electrons. The molecule has 1 amide bonds. The monoisotopic (exact) mass is 678 g/mol. The average molecular weight is 679 g/mol. The van der Waals surface area contributed by atoms with Crippen LogP contribution in [0.2, 0.25) is 5.02 Å². The summed E-state index contributed by atoms with van der Waals surface area (Å²) in [6.07, 6.45) is 12.6. The van der Waals surface area contributed by atoms with Gasteiger partial charge in [0.2, 0.25) is 0 Å². The lowest BCUT2D eigenvalue weighted by Gasteiger charge is -2.50. The number of hydrogen-bond acceptors (Lipinski definition) is 8. The molecule has 3 fully saturated rings. The number of nitrogens with zero attached hydrogens (tertiary/aromatic N) is 8. The highest BCUT2D eigenvalue weighted by molar-refractivity contribution is 6.34. The average Bonchev–Trinajstić information content (AvgIpc) is 3.63. The molecule has 1 spiro atoms. The molecule has 48 heavy (non-hydrogen) atoms. The number of amides is 1. The smallest absolute Gasteiger partial charge is 0.318 e. The second-order valence-corrected chi connectivity index (χ2v) is 14.9. The van der Waals surface area contributed by atoms with Crippen LogP contribution >= 0.6 is 11.6 Å². The van der Waals surface area contributed by atoms with Gasteiger partial charge >= 0.3 is 6.01 Å². The zero-order valence-corrected chi connectivity index (χ0v) is 29.5. The number of allylic oxidation sites excluding steroid dienone is 3. The van der Waals surface area contributed by atoms with E-state index >= 15 is 0 Å². The summed E-state index contributed by atoms with van der Waals surface area (Å²) in [7, 11) is 5.60. The first-order chi connectivity index (χ1) is 23.0. The summed E-state index contributed by atoms with van der Waals surface area (Å²) >= 11 is 6.87. The van der Waals surface area contributed by atoms with Crippen LogP contribution in [0.25, 0.3) is 0 Å². The highest BCUT2D eigenvalue weighted by atomic mass is 35.5. The largest absolute Gasteiger partial charge is 0.461 e. The summed E-state index contributed by atoms with van der Waals surface area (Å²) in [5.74, 6) is 0.608. The van der Waals surface area contributed by atoms with Gasteiger partial charge in [-0.15, -0.1) is 0 Å². The summed E-state index contributed by atoms with van der Waals surface area (Å²) < 4.78 is 23.0. The van der Waals surface area contributed by atoms with Gasteiger partial charge in [0.05, 0.1) is 34.0 Å². The minimum Gasteiger partial charge on any atom is -0.461 e. The van der Waals surface area contributed by atoms with Crippen LogP contribution in [0, 0.1) is 0 Å². The molecule has 0 radical (unpaired) electrons. The number of aryl methyl sites for hydroxylation is 1. The van der Waals surface area contributed by atoms with Gasteiger partial charge in [-0.1, -0.05) is 36.4 Å². The second kappa shape index (κ2) is 12.9. The molecule has 1 aliphatic carbocycles. The van der Waals surface area contributed by atoms with Crippen molar-refractivity contribution < 1.29 is 13.9 Å². The minimum atomic E-state index is -0.831. The fraction of sp³-hybridized carbons (Fsp3) is 0.611. The maximum atomic E-state index is 14.6. The van der Waals surface area contributed by atoms with E-state index in [0.29, 0.717) is 56.7 Å². The molecule has 2 aromatic rings.